The molecule has 8 heteroatoms. The van der Waals surface area contributed by atoms with Gasteiger partial charge in [0, 0.05) is 34.7 Å². The molecule has 1 heterocycles. The molecule has 1 aliphatic rings. The predicted octanol–water partition coefficient (Wildman–Crippen LogP) is 4.35. The molecule has 31 heavy (non-hydrogen) atoms. The zero-order chi connectivity index (χ0) is 22.7. The lowest BCUT2D eigenvalue weighted by Gasteiger charge is -2.31. The van der Waals surface area contributed by atoms with Gasteiger partial charge < -0.3 is 15.7 Å². The SMILES string of the molecule is CC1=C(C(=O)O)C(c2cccc(Cl)c2)C(C(=O)N(C)C(=O)Nc2ccccc2)=C(C)N1. The summed E-state index contributed by atoms with van der Waals surface area (Å²) in [5.74, 6) is -2.67. The first kappa shape index (κ1) is 22.1. The Morgan fingerprint density at radius 3 is 2.26 bits per heavy atom. The molecule has 0 radical (unpaired) electrons. The van der Waals surface area contributed by atoms with Crippen LogP contribution in [-0.2, 0) is 9.59 Å². The maximum atomic E-state index is 13.4. The Bertz CT molecular complexity index is 1110. The first-order valence-electron chi connectivity index (χ1n) is 9.52. The number of dihydropyridines is 1. The summed E-state index contributed by atoms with van der Waals surface area (Å²) in [4.78, 5) is 39.1. The number of allylic oxidation sites excluding steroid dienone is 2. The Balaban J connectivity index is 2.01. The molecule has 0 bridgehead atoms. The minimum absolute atomic E-state index is 0.0214. The van der Waals surface area contributed by atoms with Gasteiger partial charge in [-0.25, -0.2) is 9.59 Å². The monoisotopic (exact) mass is 439 g/mol. The van der Waals surface area contributed by atoms with E-state index in [1.807, 2.05) is 6.07 Å². The number of benzene rings is 2. The van der Waals surface area contributed by atoms with Crippen LogP contribution in [0.5, 0.6) is 0 Å². The number of likely N-dealkylation sites (N-methyl/N-ethyl adjacent to an activating group) is 1. The van der Waals surface area contributed by atoms with Crippen LogP contribution in [-0.4, -0.2) is 35.0 Å². The van der Waals surface area contributed by atoms with Gasteiger partial charge in [-0.3, -0.25) is 9.69 Å². The van der Waals surface area contributed by atoms with Crippen molar-refractivity contribution >= 4 is 35.2 Å². The number of aliphatic carboxylic acids is 1. The molecule has 3 amide bonds. The summed E-state index contributed by atoms with van der Waals surface area (Å²) < 4.78 is 0. The van der Waals surface area contributed by atoms with Crippen LogP contribution in [0, 0.1) is 0 Å². The summed E-state index contributed by atoms with van der Waals surface area (Å²) in [5.41, 5.74) is 2.15. The minimum Gasteiger partial charge on any atom is -0.478 e. The summed E-state index contributed by atoms with van der Waals surface area (Å²) in [7, 11) is 1.35. The van der Waals surface area contributed by atoms with Gasteiger partial charge in [0.25, 0.3) is 5.91 Å². The smallest absolute Gasteiger partial charge is 0.334 e. The van der Waals surface area contributed by atoms with Gasteiger partial charge in [-0.1, -0.05) is 41.9 Å². The van der Waals surface area contributed by atoms with Gasteiger partial charge >= 0.3 is 12.0 Å². The van der Waals surface area contributed by atoms with Crippen LogP contribution in [0.4, 0.5) is 10.5 Å². The number of nitrogens with one attached hydrogen (secondary N) is 2. The molecule has 0 fully saturated rings. The first-order valence-corrected chi connectivity index (χ1v) is 9.90. The van der Waals surface area contributed by atoms with Gasteiger partial charge in [0.1, 0.15) is 0 Å². The molecule has 3 rings (SSSR count). The molecular formula is C23H22ClN3O4. The van der Waals surface area contributed by atoms with Crippen molar-refractivity contribution in [1.82, 2.24) is 10.2 Å². The van der Waals surface area contributed by atoms with Crippen molar-refractivity contribution in [2.75, 3.05) is 12.4 Å². The van der Waals surface area contributed by atoms with E-state index < -0.39 is 23.8 Å². The number of anilines is 1. The number of hydrogen-bond acceptors (Lipinski definition) is 4. The molecule has 160 valence electrons. The molecule has 0 spiro atoms. The van der Waals surface area contributed by atoms with Crippen LogP contribution in [0.25, 0.3) is 0 Å². The van der Waals surface area contributed by atoms with Gasteiger partial charge in [0.2, 0.25) is 0 Å². The van der Waals surface area contributed by atoms with E-state index in [9.17, 15) is 19.5 Å². The maximum absolute atomic E-state index is 13.4. The van der Waals surface area contributed by atoms with Crippen molar-refractivity contribution < 1.29 is 19.5 Å². The number of amides is 3. The Hall–Kier alpha value is -3.58. The highest BCUT2D eigenvalue weighted by molar-refractivity contribution is 6.30. The molecule has 0 saturated heterocycles. The van der Waals surface area contributed by atoms with Crippen LogP contribution in [0.15, 0.2) is 77.1 Å². The Labute approximate surface area is 185 Å². The van der Waals surface area contributed by atoms with E-state index in [-0.39, 0.29) is 11.1 Å². The number of hydrogen-bond donors (Lipinski definition) is 3. The highest BCUT2D eigenvalue weighted by atomic mass is 35.5. The van der Waals surface area contributed by atoms with Gasteiger partial charge in [0.05, 0.1) is 11.5 Å². The lowest BCUT2D eigenvalue weighted by molar-refractivity contribution is -0.133. The molecule has 2 aromatic carbocycles. The van der Waals surface area contributed by atoms with E-state index in [1.54, 1.807) is 62.4 Å². The van der Waals surface area contributed by atoms with Crippen LogP contribution in [0.3, 0.4) is 0 Å². The highest BCUT2D eigenvalue weighted by Crippen LogP contribution is 2.39. The number of halogens is 1. The number of carbonyl (C=O) groups excluding carboxylic acids is 2. The van der Waals surface area contributed by atoms with Crippen molar-refractivity contribution in [2.45, 2.75) is 19.8 Å². The Morgan fingerprint density at radius 2 is 1.65 bits per heavy atom. The van der Waals surface area contributed by atoms with Crippen molar-refractivity contribution in [3.8, 4) is 0 Å². The third-order valence-electron chi connectivity index (χ3n) is 5.04. The van der Waals surface area contributed by atoms with Crippen molar-refractivity contribution in [3.63, 3.8) is 0 Å². The number of carboxylic acid groups (broad SMARTS) is 1. The summed E-state index contributed by atoms with van der Waals surface area (Å²) >= 11 is 6.14. The maximum Gasteiger partial charge on any atom is 0.334 e. The normalized spacial score (nSPS) is 15.9. The second kappa shape index (κ2) is 9.06. The second-order valence-electron chi connectivity index (χ2n) is 7.16. The van der Waals surface area contributed by atoms with Gasteiger partial charge in [-0.2, -0.15) is 0 Å². The van der Waals surface area contributed by atoms with E-state index in [0.29, 0.717) is 27.7 Å². The number of carboxylic acids is 1. The third kappa shape index (κ3) is 4.62. The number of imide groups is 1. The molecule has 1 unspecified atom stereocenters. The zero-order valence-electron chi connectivity index (χ0n) is 17.3. The predicted molar refractivity (Wildman–Crippen MR) is 119 cm³/mol. The summed E-state index contributed by atoms with van der Waals surface area (Å²) in [5, 5.41) is 15.9. The first-order chi connectivity index (χ1) is 14.7. The fourth-order valence-corrected chi connectivity index (χ4v) is 3.78. The largest absolute Gasteiger partial charge is 0.478 e. The van der Waals surface area contributed by atoms with Crippen LogP contribution in [0.2, 0.25) is 5.02 Å². The molecule has 3 N–H and O–H groups in total. The standard InChI is InChI=1S/C23H22ClN3O4/c1-13-18(21(28)27(3)23(31)26-17-10-5-4-6-11-17)20(15-8-7-9-16(24)12-15)19(22(29)30)14(2)25-13/h4-12,20,25H,1-3H3,(H,26,31)(H,29,30). The van der Waals surface area contributed by atoms with E-state index in [0.717, 1.165) is 4.90 Å². The lowest BCUT2D eigenvalue weighted by atomic mass is 9.80. The van der Waals surface area contributed by atoms with Crippen LogP contribution < -0.4 is 10.6 Å². The Kier molecular flexibility index (Phi) is 6.46. The number of para-hydroxylation sites is 1. The topological polar surface area (TPSA) is 98.7 Å². The van der Waals surface area contributed by atoms with Crippen molar-refractivity contribution in [2.24, 2.45) is 0 Å². The average Bonchev–Trinajstić information content (AvgIpc) is 2.72. The summed E-state index contributed by atoms with van der Waals surface area (Å²) in [6.07, 6.45) is 0. The van der Waals surface area contributed by atoms with E-state index >= 15 is 0 Å². The minimum atomic E-state index is -1.16. The van der Waals surface area contributed by atoms with E-state index in [2.05, 4.69) is 10.6 Å². The molecule has 0 aromatic heterocycles. The van der Waals surface area contributed by atoms with Gasteiger partial charge in [0.15, 0.2) is 0 Å². The molecule has 1 aliphatic heterocycles. The molecule has 2 aromatic rings. The number of nitrogens with zero attached hydrogens (tertiary/aromatic N) is 1. The lowest BCUT2D eigenvalue weighted by Crippen LogP contribution is -2.41. The van der Waals surface area contributed by atoms with Gasteiger partial charge in [-0.15, -0.1) is 0 Å². The van der Waals surface area contributed by atoms with E-state index in [4.69, 9.17) is 11.6 Å². The number of urea groups is 1. The second-order valence-corrected chi connectivity index (χ2v) is 7.59. The molecule has 0 saturated carbocycles. The van der Waals surface area contributed by atoms with Crippen LogP contribution in [0.1, 0.15) is 25.3 Å². The zero-order valence-corrected chi connectivity index (χ0v) is 18.0. The highest BCUT2D eigenvalue weighted by Gasteiger charge is 2.38. The molecule has 1 atom stereocenters. The summed E-state index contributed by atoms with van der Waals surface area (Å²) in [6.45, 7) is 3.31. The molecule has 7 nitrogen and oxygen atoms in total. The van der Waals surface area contributed by atoms with Crippen LogP contribution >= 0.6 is 11.6 Å². The molecular weight excluding hydrogens is 418 g/mol. The van der Waals surface area contributed by atoms with Crippen molar-refractivity contribution in [3.05, 3.63) is 87.7 Å². The quantitative estimate of drug-likeness (QED) is 0.657. The van der Waals surface area contributed by atoms with Gasteiger partial charge in [-0.05, 0) is 43.7 Å². The fourth-order valence-electron chi connectivity index (χ4n) is 3.58. The van der Waals surface area contributed by atoms with E-state index in [1.165, 1.54) is 7.05 Å². The summed E-state index contributed by atoms with van der Waals surface area (Å²) in [6, 6.07) is 14.8. The fraction of sp³-hybridized carbons (Fsp3) is 0.174. The Morgan fingerprint density at radius 1 is 1.00 bits per heavy atom. The molecule has 0 aliphatic carbocycles. The number of carbonyl (C=O) groups is 3. The third-order valence-corrected chi connectivity index (χ3v) is 5.27. The number of rotatable bonds is 4. The van der Waals surface area contributed by atoms with Crippen molar-refractivity contribution in [1.29, 1.82) is 0 Å². The average molecular weight is 440 g/mol.